The molecule has 1 saturated carbocycles. The summed E-state index contributed by atoms with van der Waals surface area (Å²) in [6, 6.07) is 0. The highest BCUT2D eigenvalue weighted by Gasteiger charge is 2.38. The fourth-order valence-corrected chi connectivity index (χ4v) is 4.18. The molecule has 1 aliphatic carbocycles. The molecule has 0 aromatic carbocycles. The zero-order valence-corrected chi connectivity index (χ0v) is 15.0. The lowest BCUT2D eigenvalue weighted by Crippen LogP contribution is -2.51. The number of rotatable bonds is 6. The number of amides is 1. The Bertz CT molecular complexity index is 562. The van der Waals surface area contributed by atoms with E-state index in [1.807, 2.05) is 6.92 Å². The second kappa shape index (κ2) is 8.07. The monoisotopic (exact) mass is 358 g/mol. The van der Waals surface area contributed by atoms with Gasteiger partial charge >= 0.3 is 5.97 Å². The Labute approximate surface area is 143 Å². The number of aromatic nitrogens is 2. The van der Waals surface area contributed by atoms with E-state index in [4.69, 9.17) is 10.5 Å². The quantitative estimate of drug-likeness (QED) is 0.455. The molecule has 1 aromatic rings. The Morgan fingerprint density at radius 2 is 2.26 bits per heavy atom. The topological polar surface area (TPSA) is 107 Å². The smallest absolute Gasteiger partial charge is 0.316 e. The lowest BCUT2D eigenvalue weighted by atomic mass is 9.74. The summed E-state index contributed by atoms with van der Waals surface area (Å²) in [6.45, 7) is 4.05. The fraction of sp³-hybridized carbons (Fsp3) is 0.714. The van der Waals surface area contributed by atoms with Gasteiger partial charge in [0, 0.05) is 5.54 Å². The molecule has 1 amide bonds. The number of esters is 1. The van der Waals surface area contributed by atoms with Gasteiger partial charge in [-0.05, 0) is 26.7 Å². The van der Waals surface area contributed by atoms with E-state index in [9.17, 15) is 9.59 Å². The van der Waals surface area contributed by atoms with Crippen molar-refractivity contribution in [3.8, 4) is 0 Å². The van der Waals surface area contributed by atoms with Crippen LogP contribution in [-0.4, -0.2) is 40.0 Å². The SMILES string of the molecule is CCOC(=O)CSc1nnc(NC(=O)C2CCCCC2(C)N)s1. The maximum atomic E-state index is 12.4. The first-order valence-corrected chi connectivity index (χ1v) is 9.44. The van der Waals surface area contributed by atoms with Crippen molar-refractivity contribution in [3.05, 3.63) is 0 Å². The summed E-state index contributed by atoms with van der Waals surface area (Å²) in [4.78, 5) is 23.7. The van der Waals surface area contributed by atoms with Crippen LogP contribution in [0.1, 0.15) is 39.5 Å². The van der Waals surface area contributed by atoms with E-state index < -0.39 is 5.54 Å². The molecule has 7 nitrogen and oxygen atoms in total. The molecule has 2 rings (SSSR count). The summed E-state index contributed by atoms with van der Waals surface area (Å²) >= 11 is 2.49. The summed E-state index contributed by atoms with van der Waals surface area (Å²) < 4.78 is 5.47. The molecular weight excluding hydrogens is 336 g/mol. The highest BCUT2D eigenvalue weighted by molar-refractivity contribution is 8.01. The highest BCUT2D eigenvalue weighted by atomic mass is 32.2. The second-order valence-corrected chi connectivity index (χ2v) is 7.96. The Hall–Kier alpha value is -1.19. The van der Waals surface area contributed by atoms with E-state index >= 15 is 0 Å². The van der Waals surface area contributed by atoms with Crippen molar-refractivity contribution in [2.24, 2.45) is 11.7 Å². The normalized spacial score (nSPS) is 24.2. The second-order valence-electron chi connectivity index (χ2n) is 5.76. The van der Waals surface area contributed by atoms with E-state index in [1.54, 1.807) is 6.92 Å². The van der Waals surface area contributed by atoms with E-state index in [-0.39, 0.29) is 23.5 Å². The molecule has 0 radical (unpaired) electrons. The number of hydrogen-bond acceptors (Lipinski definition) is 8. The first-order chi connectivity index (χ1) is 10.9. The minimum absolute atomic E-state index is 0.104. The predicted octanol–water partition coefficient (Wildman–Crippen LogP) is 2.04. The minimum atomic E-state index is -0.478. The van der Waals surface area contributed by atoms with Crippen molar-refractivity contribution in [3.63, 3.8) is 0 Å². The van der Waals surface area contributed by atoms with Crippen LogP contribution in [0.15, 0.2) is 4.34 Å². The molecule has 0 spiro atoms. The molecule has 2 unspecified atom stereocenters. The number of thioether (sulfide) groups is 1. The van der Waals surface area contributed by atoms with Crippen LogP contribution in [0.3, 0.4) is 0 Å². The van der Waals surface area contributed by atoms with Crippen LogP contribution < -0.4 is 11.1 Å². The van der Waals surface area contributed by atoms with Gasteiger partial charge in [-0.3, -0.25) is 9.59 Å². The average Bonchev–Trinajstić information content (AvgIpc) is 2.92. The summed E-state index contributed by atoms with van der Waals surface area (Å²) in [5.41, 5.74) is 5.76. The molecule has 1 heterocycles. The summed E-state index contributed by atoms with van der Waals surface area (Å²) in [6.07, 6.45) is 3.72. The van der Waals surface area contributed by atoms with Gasteiger partial charge in [-0.1, -0.05) is 35.9 Å². The highest BCUT2D eigenvalue weighted by Crippen LogP contribution is 2.33. The maximum Gasteiger partial charge on any atom is 0.316 e. The van der Waals surface area contributed by atoms with Crippen LogP contribution in [0.25, 0.3) is 0 Å². The van der Waals surface area contributed by atoms with Gasteiger partial charge in [0.05, 0.1) is 18.3 Å². The van der Waals surface area contributed by atoms with E-state index in [0.29, 0.717) is 16.1 Å². The third-order valence-corrected chi connectivity index (χ3v) is 5.77. The van der Waals surface area contributed by atoms with Crippen molar-refractivity contribution in [2.45, 2.75) is 49.4 Å². The molecule has 1 aromatic heterocycles. The Morgan fingerprint density at radius 3 is 2.96 bits per heavy atom. The molecule has 0 saturated heterocycles. The van der Waals surface area contributed by atoms with Gasteiger partial charge in [0.1, 0.15) is 0 Å². The number of carbonyl (C=O) groups is 2. The van der Waals surface area contributed by atoms with E-state index in [2.05, 4.69) is 15.5 Å². The molecule has 0 bridgehead atoms. The number of anilines is 1. The molecule has 23 heavy (non-hydrogen) atoms. The first kappa shape index (κ1) is 18.2. The molecule has 2 atom stereocenters. The largest absolute Gasteiger partial charge is 0.465 e. The van der Waals surface area contributed by atoms with Gasteiger partial charge in [-0.2, -0.15) is 0 Å². The van der Waals surface area contributed by atoms with Crippen LogP contribution >= 0.6 is 23.1 Å². The number of carbonyl (C=O) groups excluding carboxylic acids is 2. The predicted molar refractivity (Wildman–Crippen MR) is 90.4 cm³/mol. The molecule has 3 N–H and O–H groups in total. The Kier molecular flexibility index (Phi) is 6.37. The van der Waals surface area contributed by atoms with Crippen LogP contribution in [-0.2, 0) is 14.3 Å². The molecule has 128 valence electrons. The van der Waals surface area contributed by atoms with Crippen molar-refractivity contribution in [1.29, 1.82) is 0 Å². The number of nitrogens with zero attached hydrogens (tertiary/aromatic N) is 2. The van der Waals surface area contributed by atoms with Crippen molar-refractivity contribution in [2.75, 3.05) is 17.7 Å². The first-order valence-electron chi connectivity index (χ1n) is 7.64. The summed E-state index contributed by atoms with van der Waals surface area (Å²) in [5, 5.41) is 11.1. The zero-order valence-electron chi connectivity index (χ0n) is 13.3. The van der Waals surface area contributed by atoms with E-state index in [1.165, 1.54) is 23.1 Å². The van der Waals surface area contributed by atoms with Crippen molar-refractivity contribution in [1.82, 2.24) is 10.2 Å². The molecule has 1 fully saturated rings. The standard InChI is InChI=1S/C14H22N4O3S2/c1-3-21-10(19)8-22-13-18-17-12(23-13)16-11(20)9-6-4-5-7-14(9,2)15/h9H,3-8,15H2,1-2H3,(H,16,17,20). The lowest BCUT2D eigenvalue weighted by molar-refractivity contribution is -0.139. The van der Waals surface area contributed by atoms with Gasteiger partial charge < -0.3 is 15.8 Å². The number of hydrogen-bond donors (Lipinski definition) is 2. The Morgan fingerprint density at radius 1 is 1.48 bits per heavy atom. The Balaban J connectivity index is 1.88. The number of ether oxygens (including phenoxy) is 1. The molecule has 1 aliphatic rings. The number of nitrogens with one attached hydrogen (secondary N) is 1. The zero-order chi connectivity index (χ0) is 16.9. The van der Waals surface area contributed by atoms with E-state index in [0.717, 1.165) is 25.7 Å². The molecular formula is C14H22N4O3S2. The fourth-order valence-electron chi connectivity index (χ4n) is 2.62. The third-order valence-electron chi connectivity index (χ3n) is 3.83. The van der Waals surface area contributed by atoms with Gasteiger partial charge in [0.25, 0.3) is 0 Å². The van der Waals surface area contributed by atoms with Gasteiger partial charge in [0.2, 0.25) is 11.0 Å². The van der Waals surface area contributed by atoms with Crippen LogP contribution in [0.2, 0.25) is 0 Å². The van der Waals surface area contributed by atoms with Crippen LogP contribution in [0, 0.1) is 5.92 Å². The van der Waals surface area contributed by atoms with Gasteiger partial charge in [0.15, 0.2) is 4.34 Å². The minimum Gasteiger partial charge on any atom is -0.465 e. The maximum absolute atomic E-state index is 12.4. The van der Waals surface area contributed by atoms with Crippen molar-refractivity contribution < 1.29 is 14.3 Å². The number of nitrogens with two attached hydrogens (primary N) is 1. The van der Waals surface area contributed by atoms with Crippen LogP contribution in [0.4, 0.5) is 5.13 Å². The lowest BCUT2D eigenvalue weighted by Gasteiger charge is -2.36. The van der Waals surface area contributed by atoms with Crippen molar-refractivity contribution >= 4 is 40.1 Å². The molecule has 9 heteroatoms. The summed E-state index contributed by atoms with van der Waals surface area (Å²) in [7, 11) is 0. The van der Waals surface area contributed by atoms with Gasteiger partial charge in [-0.25, -0.2) is 0 Å². The van der Waals surface area contributed by atoms with Gasteiger partial charge in [-0.15, -0.1) is 10.2 Å². The summed E-state index contributed by atoms with van der Waals surface area (Å²) in [5.74, 6) is -0.428. The van der Waals surface area contributed by atoms with Crippen LogP contribution in [0.5, 0.6) is 0 Å². The molecule has 0 aliphatic heterocycles. The average molecular weight is 358 g/mol. The third kappa shape index (κ3) is 5.15.